The van der Waals surface area contributed by atoms with Crippen LogP contribution in [0.3, 0.4) is 0 Å². The molecule has 8 nitrogen and oxygen atoms in total. The quantitative estimate of drug-likeness (QED) is 0.168. The number of aliphatic imine (C=N–C) groups is 1. The van der Waals surface area contributed by atoms with E-state index in [0.717, 1.165) is 22.8 Å². The monoisotopic (exact) mass is 456 g/mol. The summed E-state index contributed by atoms with van der Waals surface area (Å²) < 4.78 is 0. The van der Waals surface area contributed by atoms with E-state index in [-0.39, 0.29) is 23.9 Å². The molecule has 0 bridgehead atoms. The lowest BCUT2D eigenvalue weighted by Gasteiger charge is -2.08. The second-order valence-electron chi connectivity index (χ2n) is 7.56. The van der Waals surface area contributed by atoms with Crippen molar-refractivity contribution in [2.75, 3.05) is 0 Å². The number of aromatic nitrogens is 1. The number of hydrogen-bond acceptors (Lipinski definition) is 6. The number of carboxylic acids is 1. The fraction of sp³-hybridized carbons (Fsp3) is 0.0385. The van der Waals surface area contributed by atoms with Crippen LogP contribution >= 0.6 is 0 Å². The molecule has 0 aliphatic rings. The molecule has 0 aliphatic heterocycles. The van der Waals surface area contributed by atoms with Crippen molar-refractivity contribution in [3.05, 3.63) is 93.8 Å². The van der Waals surface area contributed by atoms with Gasteiger partial charge in [0.1, 0.15) is 0 Å². The maximum atomic E-state index is 12.4. The van der Waals surface area contributed by atoms with Gasteiger partial charge in [-0.15, -0.1) is 0 Å². The van der Waals surface area contributed by atoms with Crippen LogP contribution in [0.1, 0.15) is 16.7 Å². The van der Waals surface area contributed by atoms with Gasteiger partial charge in [0, 0.05) is 23.1 Å². The second kappa shape index (κ2) is 9.33. The Hall–Kier alpha value is -4.85. The summed E-state index contributed by atoms with van der Waals surface area (Å²) in [7, 11) is 0. The summed E-state index contributed by atoms with van der Waals surface area (Å²) in [5, 5.41) is 39.1. The molecule has 0 atom stereocenters. The van der Waals surface area contributed by atoms with Crippen LogP contribution in [0.4, 0.5) is 0 Å². The van der Waals surface area contributed by atoms with Gasteiger partial charge in [-0.25, -0.2) is 4.79 Å². The van der Waals surface area contributed by atoms with E-state index in [1.165, 1.54) is 24.4 Å². The molecule has 8 heteroatoms. The van der Waals surface area contributed by atoms with E-state index in [9.17, 15) is 24.9 Å². The van der Waals surface area contributed by atoms with Crippen LogP contribution < -0.4 is 5.56 Å². The average molecular weight is 456 g/mol. The van der Waals surface area contributed by atoms with Crippen LogP contribution in [0.2, 0.25) is 0 Å². The zero-order chi connectivity index (χ0) is 24.2. The van der Waals surface area contributed by atoms with Gasteiger partial charge in [0.25, 0.3) is 5.56 Å². The summed E-state index contributed by atoms with van der Waals surface area (Å²) in [6.45, 7) is 0.179. The second-order valence-corrected chi connectivity index (χ2v) is 7.56. The Morgan fingerprint density at radius 2 is 1.62 bits per heavy atom. The number of aliphatic carboxylic acids is 1. The summed E-state index contributed by atoms with van der Waals surface area (Å²) in [6.07, 6.45) is 4.00. The predicted molar refractivity (Wildman–Crippen MR) is 129 cm³/mol. The van der Waals surface area contributed by atoms with Crippen molar-refractivity contribution < 1.29 is 25.2 Å². The predicted octanol–water partition coefficient (Wildman–Crippen LogP) is 4.03. The van der Waals surface area contributed by atoms with Crippen LogP contribution in [0.15, 0.2) is 76.5 Å². The highest BCUT2D eigenvalue weighted by Crippen LogP contribution is 2.28. The number of nitrogens with one attached hydrogen (secondary N) is 1. The number of phenolic OH excluding ortho intramolecular Hbond substituents is 2. The number of aromatic hydroxyl groups is 3. The number of rotatable bonds is 6. The molecule has 4 rings (SSSR count). The lowest BCUT2D eigenvalue weighted by atomic mass is 9.99. The Morgan fingerprint density at radius 1 is 0.882 bits per heavy atom. The number of H-pyrrole nitrogens is 1. The van der Waals surface area contributed by atoms with E-state index in [0.29, 0.717) is 21.9 Å². The van der Waals surface area contributed by atoms with Crippen LogP contribution in [0.25, 0.3) is 28.0 Å². The summed E-state index contributed by atoms with van der Waals surface area (Å²) in [5.41, 5.74) is 2.92. The zero-order valence-electron chi connectivity index (χ0n) is 17.8. The molecule has 170 valence electrons. The van der Waals surface area contributed by atoms with Crippen molar-refractivity contribution >= 4 is 29.0 Å². The first kappa shape index (κ1) is 22.3. The van der Waals surface area contributed by atoms with Crippen LogP contribution in [0.5, 0.6) is 17.4 Å². The molecular formula is C26H20N2O6. The number of pyridine rings is 1. The highest BCUT2D eigenvalue weighted by atomic mass is 16.4. The molecule has 0 saturated heterocycles. The first-order valence-corrected chi connectivity index (χ1v) is 10.2. The molecule has 0 unspecified atom stereocenters. The van der Waals surface area contributed by atoms with E-state index in [2.05, 4.69) is 9.98 Å². The Labute approximate surface area is 193 Å². The van der Waals surface area contributed by atoms with Crippen LogP contribution in [-0.4, -0.2) is 37.6 Å². The molecule has 34 heavy (non-hydrogen) atoms. The van der Waals surface area contributed by atoms with E-state index >= 15 is 0 Å². The van der Waals surface area contributed by atoms with E-state index in [1.807, 2.05) is 12.1 Å². The zero-order valence-corrected chi connectivity index (χ0v) is 17.8. The number of fused-ring (bicyclic) bond motifs is 1. The lowest BCUT2D eigenvalue weighted by molar-refractivity contribution is -0.131. The minimum Gasteiger partial charge on any atom is -0.504 e. The third kappa shape index (κ3) is 4.81. The summed E-state index contributed by atoms with van der Waals surface area (Å²) in [4.78, 5) is 29.8. The van der Waals surface area contributed by atoms with E-state index in [4.69, 9.17) is 5.11 Å². The summed E-state index contributed by atoms with van der Waals surface area (Å²) in [6, 6.07) is 16.8. The summed E-state index contributed by atoms with van der Waals surface area (Å²) >= 11 is 0. The van der Waals surface area contributed by atoms with Crippen molar-refractivity contribution in [3.63, 3.8) is 0 Å². The van der Waals surface area contributed by atoms with Crippen LogP contribution in [-0.2, 0) is 11.3 Å². The molecule has 0 spiro atoms. The van der Waals surface area contributed by atoms with Crippen molar-refractivity contribution in [1.29, 1.82) is 0 Å². The van der Waals surface area contributed by atoms with Gasteiger partial charge in [-0.2, -0.15) is 0 Å². The highest BCUT2D eigenvalue weighted by molar-refractivity contribution is 6.02. The SMILES string of the molecule is O=C(O)/C=C/c1ccc(-c2ccc3c(=O)[nH]c(O)c(C=NCc4ccc(O)c(O)c4)c3c2)cc1. The minimum absolute atomic E-state index is 0.179. The number of aromatic amines is 1. The standard InChI is InChI=1S/C26H20N2O6/c29-22-9-3-16(11-23(22)30)13-27-14-21-20-12-18(7-8-19(20)25(33)28-26(21)34)17-5-1-15(2-6-17)4-10-24(31)32/h1-12,14,29-30H,13H2,(H,31,32)(H2,28,33,34)/b10-4+,27-14?. The Morgan fingerprint density at radius 3 is 2.32 bits per heavy atom. The van der Waals surface area contributed by atoms with Gasteiger partial charge in [0.05, 0.1) is 12.1 Å². The normalized spacial score (nSPS) is 11.5. The number of nitrogens with zero attached hydrogens (tertiary/aromatic N) is 1. The number of carboxylic acid groups (broad SMARTS) is 1. The van der Waals surface area contributed by atoms with Gasteiger partial charge in [0.2, 0.25) is 5.88 Å². The Balaban J connectivity index is 1.70. The Bertz CT molecular complexity index is 1500. The van der Waals surface area contributed by atoms with Gasteiger partial charge in [-0.05, 0) is 52.6 Å². The summed E-state index contributed by atoms with van der Waals surface area (Å²) in [5.74, 6) is -1.82. The molecule has 3 aromatic carbocycles. The highest BCUT2D eigenvalue weighted by Gasteiger charge is 2.11. The average Bonchev–Trinajstić information content (AvgIpc) is 2.82. The van der Waals surface area contributed by atoms with E-state index < -0.39 is 11.5 Å². The number of phenols is 2. The Kier molecular flexibility index (Phi) is 6.13. The molecule has 0 aliphatic carbocycles. The maximum Gasteiger partial charge on any atom is 0.328 e. The van der Waals surface area contributed by atoms with E-state index in [1.54, 1.807) is 36.4 Å². The topological polar surface area (TPSA) is 143 Å². The number of benzene rings is 3. The molecule has 4 aromatic rings. The van der Waals surface area contributed by atoms with Crippen molar-refractivity contribution in [3.8, 4) is 28.5 Å². The van der Waals surface area contributed by atoms with Crippen LogP contribution in [0, 0.1) is 0 Å². The van der Waals surface area contributed by atoms with Gasteiger partial charge in [-0.1, -0.05) is 36.4 Å². The minimum atomic E-state index is -1.03. The third-order valence-corrected chi connectivity index (χ3v) is 5.24. The number of hydrogen-bond donors (Lipinski definition) is 5. The fourth-order valence-corrected chi connectivity index (χ4v) is 3.51. The maximum absolute atomic E-state index is 12.4. The largest absolute Gasteiger partial charge is 0.504 e. The smallest absolute Gasteiger partial charge is 0.328 e. The molecule has 5 N–H and O–H groups in total. The van der Waals surface area contributed by atoms with Gasteiger partial charge in [-0.3, -0.25) is 14.8 Å². The molecule has 0 radical (unpaired) electrons. The molecule has 0 amide bonds. The van der Waals surface area contributed by atoms with Crippen molar-refractivity contribution in [1.82, 2.24) is 4.98 Å². The molecule has 1 aromatic heterocycles. The molecular weight excluding hydrogens is 436 g/mol. The van der Waals surface area contributed by atoms with Gasteiger partial charge in [0.15, 0.2) is 11.5 Å². The first-order chi connectivity index (χ1) is 16.3. The van der Waals surface area contributed by atoms with Crippen molar-refractivity contribution in [2.24, 2.45) is 4.99 Å². The first-order valence-electron chi connectivity index (χ1n) is 10.2. The molecule has 0 fully saturated rings. The fourth-order valence-electron chi connectivity index (χ4n) is 3.51. The van der Waals surface area contributed by atoms with Gasteiger partial charge >= 0.3 is 5.97 Å². The molecule has 0 saturated carbocycles. The third-order valence-electron chi connectivity index (χ3n) is 5.24. The number of carbonyl (C=O) groups is 1. The van der Waals surface area contributed by atoms with Gasteiger partial charge < -0.3 is 20.4 Å². The molecule has 1 heterocycles. The van der Waals surface area contributed by atoms with Crippen molar-refractivity contribution in [2.45, 2.75) is 6.54 Å². The lowest BCUT2D eigenvalue weighted by Crippen LogP contribution is -2.08.